The molecule has 1 aromatic heterocycles. The smallest absolute Gasteiger partial charge is 0.0942 e. The molecule has 0 saturated heterocycles. The molecule has 13 heavy (non-hydrogen) atoms. The van der Waals surface area contributed by atoms with E-state index >= 15 is 0 Å². The van der Waals surface area contributed by atoms with Gasteiger partial charge < -0.3 is 4.74 Å². The van der Waals surface area contributed by atoms with Crippen molar-refractivity contribution in [2.24, 2.45) is 5.92 Å². The normalized spacial score (nSPS) is 27.7. The van der Waals surface area contributed by atoms with Gasteiger partial charge in [0.1, 0.15) is 0 Å². The Morgan fingerprint density at radius 1 is 1.54 bits per heavy atom. The zero-order valence-electron chi connectivity index (χ0n) is 8.41. The standard InChI is InChI=1S/C11H16OS/c1-7(2)10-11-9(4-5-13-11)8(3)6-12-10/h4-5,7-8,10H,6H2,1-3H3. The molecule has 2 atom stereocenters. The molecule has 0 saturated carbocycles. The van der Waals surface area contributed by atoms with Crippen molar-refractivity contribution in [3.05, 3.63) is 21.9 Å². The van der Waals surface area contributed by atoms with Crippen LogP contribution in [0.1, 0.15) is 43.2 Å². The molecule has 72 valence electrons. The average Bonchev–Trinajstić information content (AvgIpc) is 2.53. The predicted molar refractivity (Wildman–Crippen MR) is 56.3 cm³/mol. The third kappa shape index (κ3) is 1.53. The Morgan fingerprint density at radius 2 is 2.31 bits per heavy atom. The third-order valence-electron chi connectivity index (χ3n) is 2.65. The first kappa shape index (κ1) is 9.22. The summed E-state index contributed by atoms with van der Waals surface area (Å²) in [5.74, 6) is 1.17. The van der Waals surface area contributed by atoms with E-state index in [4.69, 9.17) is 4.74 Å². The Morgan fingerprint density at radius 3 is 3.00 bits per heavy atom. The zero-order valence-corrected chi connectivity index (χ0v) is 9.23. The Hall–Kier alpha value is -0.340. The minimum Gasteiger partial charge on any atom is -0.372 e. The van der Waals surface area contributed by atoms with Gasteiger partial charge in [-0.15, -0.1) is 11.3 Å². The first-order valence-corrected chi connectivity index (χ1v) is 5.77. The van der Waals surface area contributed by atoms with Crippen molar-refractivity contribution in [1.82, 2.24) is 0 Å². The van der Waals surface area contributed by atoms with Gasteiger partial charge in [-0.05, 0) is 22.9 Å². The van der Waals surface area contributed by atoms with Crippen LogP contribution in [0, 0.1) is 5.92 Å². The van der Waals surface area contributed by atoms with Crippen LogP contribution in [0.5, 0.6) is 0 Å². The van der Waals surface area contributed by atoms with Gasteiger partial charge in [0, 0.05) is 10.8 Å². The monoisotopic (exact) mass is 196 g/mol. The zero-order chi connectivity index (χ0) is 9.42. The fourth-order valence-electron chi connectivity index (χ4n) is 1.88. The van der Waals surface area contributed by atoms with Crippen molar-refractivity contribution in [2.75, 3.05) is 6.61 Å². The summed E-state index contributed by atoms with van der Waals surface area (Å²) in [6, 6.07) is 2.25. The van der Waals surface area contributed by atoms with E-state index in [0.717, 1.165) is 6.61 Å². The van der Waals surface area contributed by atoms with E-state index in [-0.39, 0.29) is 0 Å². The quantitative estimate of drug-likeness (QED) is 0.667. The summed E-state index contributed by atoms with van der Waals surface area (Å²) in [5, 5.41) is 2.19. The van der Waals surface area contributed by atoms with Gasteiger partial charge >= 0.3 is 0 Å². The van der Waals surface area contributed by atoms with E-state index < -0.39 is 0 Å². The van der Waals surface area contributed by atoms with Crippen LogP contribution >= 0.6 is 11.3 Å². The number of ether oxygens (including phenoxy) is 1. The second-order valence-corrected chi connectivity index (χ2v) is 5.09. The Kier molecular flexibility index (Phi) is 2.43. The average molecular weight is 196 g/mol. The highest BCUT2D eigenvalue weighted by Crippen LogP contribution is 2.40. The molecule has 0 spiro atoms. The van der Waals surface area contributed by atoms with Crippen molar-refractivity contribution >= 4 is 11.3 Å². The lowest BCUT2D eigenvalue weighted by Gasteiger charge is -2.29. The largest absolute Gasteiger partial charge is 0.372 e. The van der Waals surface area contributed by atoms with Gasteiger partial charge in [-0.2, -0.15) is 0 Å². The molecule has 0 radical (unpaired) electrons. The summed E-state index contributed by atoms with van der Waals surface area (Å²) >= 11 is 1.84. The van der Waals surface area contributed by atoms with E-state index in [1.165, 1.54) is 10.4 Å². The highest BCUT2D eigenvalue weighted by molar-refractivity contribution is 7.10. The summed E-state index contributed by atoms with van der Waals surface area (Å²) in [6.45, 7) is 7.57. The van der Waals surface area contributed by atoms with Crippen LogP contribution in [-0.2, 0) is 4.74 Å². The maximum atomic E-state index is 5.85. The van der Waals surface area contributed by atoms with E-state index in [1.807, 2.05) is 11.3 Å². The Labute approximate surface area is 83.7 Å². The van der Waals surface area contributed by atoms with Crippen LogP contribution in [0.4, 0.5) is 0 Å². The Bertz CT molecular complexity index is 290. The van der Waals surface area contributed by atoms with Crippen LogP contribution in [0.3, 0.4) is 0 Å². The minimum atomic E-state index is 0.339. The van der Waals surface area contributed by atoms with Gasteiger partial charge in [-0.3, -0.25) is 0 Å². The van der Waals surface area contributed by atoms with Crippen molar-refractivity contribution < 1.29 is 4.74 Å². The maximum Gasteiger partial charge on any atom is 0.0942 e. The SMILES string of the molecule is CC1COC(C(C)C)c2sccc21. The van der Waals surface area contributed by atoms with Gasteiger partial charge in [-0.25, -0.2) is 0 Å². The van der Waals surface area contributed by atoms with Crippen molar-refractivity contribution in [3.8, 4) is 0 Å². The van der Waals surface area contributed by atoms with Gasteiger partial charge in [0.2, 0.25) is 0 Å². The number of hydrogen-bond acceptors (Lipinski definition) is 2. The molecule has 0 aliphatic carbocycles. The summed E-state index contributed by atoms with van der Waals surface area (Å²) in [6.07, 6.45) is 0.339. The Balaban J connectivity index is 2.35. The first-order chi connectivity index (χ1) is 6.20. The van der Waals surface area contributed by atoms with E-state index in [2.05, 4.69) is 32.2 Å². The number of thiophene rings is 1. The molecular formula is C11H16OS. The van der Waals surface area contributed by atoms with Gasteiger partial charge in [0.05, 0.1) is 12.7 Å². The van der Waals surface area contributed by atoms with Crippen LogP contribution in [-0.4, -0.2) is 6.61 Å². The molecule has 2 unspecified atom stereocenters. The number of hydrogen-bond donors (Lipinski definition) is 0. The molecule has 2 heterocycles. The first-order valence-electron chi connectivity index (χ1n) is 4.89. The molecule has 0 N–H and O–H groups in total. The molecule has 1 nitrogen and oxygen atoms in total. The predicted octanol–water partition coefficient (Wildman–Crippen LogP) is 3.58. The second kappa shape index (κ2) is 3.43. The molecule has 0 amide bonds. The molecule has 1 aliphatic rings. The fraction of sp³-hybridized carbons (Fsp3) is 0.636. The lowest BCUT2D eigenvalue weighted by Crippen LogP contribution is -2.20. The van der Waals surface area contributed by atoms with Crippen molar-refractivity contribution in [1.29, 1.82) is 0 Å². The fourth-order valence-corrected chi connectivity index (χ4v) is 3.12. The molecule has 0 aromatic carbocycles. The number of rotatable bonds is 1. The number of fused-ring (bicyclic) bond motifs is 1. The van der Waals surface area contributed by atoms with Crippen LogP contribution < -0.4 is 0 Å². The molecule has 1 aliphatic heterocycles. The molecule has 0 fully saturated rings. The molecule has 2 heteroatoms. The highest BCUT2D eigenvalue weighted by Gasteiger charge is 2.28. The van der Waals surface area contributed by atoms with E-state index in [9.17, 15) is 0 Å². The molecule has 0 bridgehead atoms. The van der Waals surface area contributed by atoms with Crippen LogP contribution in [0.15, 0.2) is 11.4 Å². The van der Waals surface area contributed by atoms with Gasteiger partial charge in [0.15, 0.2) is 0 Å². The van der Waals surface area contributed by atoms with E-state index in [1.54, 1.807) is 0 Å². The third-order valence-corrected chi connectivity index (χ3v) is 3.64. The minimum absolute atomic E-state index is 0.339. The summed E-state index contributed by atoms with van der Waals surface area (Å²) < 4.78 is 5.85. The van der Waals surface area contributed by atoms with Crippen molar-refractivity contribution in [3.63, 3.8) is 0 Å². The second-order valence-electron chi connectivity index (χ2n) is 4.14. The van der Waals surface area contributed by atoms with Gasteiger partial charge in [0.25, 0.3) is 0 Å². The summed E-state index contributed by atoms with van der Waals surface area (Å²) in [5.41, 5.74) is 1.51. The summed E-state index contributed by atoms with van der Waals surface area (Å²) in [7, 11) is 0. The van der Waals surface area contributed by atoms with Crippen LogP contribution in [0.25, 0.3) is 0 Å². The summed E-state index contributed by atoms with van der Waals surface area (Å²) in [4.78, 5) is 1.45. The van der Waals surface area contributed by atoms with Gasteiger partial charge in [-0.1, -0.05) is 20.8 Å². The van der Waals surface area contributed by atoms with Crippen molar-refractivity contribution in [2.45, 2.75) is 32.8 Å². The molecular weight excluding hydrogens is 180 g/mol. The lowest BCUT2D eigenvalue weighted by molar-refractivity contribution is 0.00421. The molecule has 1 aromatic rings. The highest BCUT2D eigenvalue weighted by atomic mass is 32.1. The van der Waals surface area contributed by atoms with E-state index in [0.29, 0.717) is 17.9 Å². The molecule has 2 rings (SSSR count). The topological polar surface area (TPSA) is 9.23 Å². The van der Waals surface area contributed by atoms with Crippen LogP contribution in [0.2, 0.25) is 0 Å². The lowest BCUT2D eigenvalue weighted by atomic mass is 9.93. The maximum absolute atomic E-state index is 5.85.